The van der Waals surface area contributed by atoms with Crippen LogP contribution in [0.4, 0.5) is 0 Å². The molecule has 0 aromatic heterocycles. The molecule has 6 nitrogen and oxygen atoms in total. The number of amides is 1. The smallest absolute Gasteiger partial charge is 0.343 e. The summed E-state index contributed by atoms with van der Waals surface area (Å²) in [7, 11) is 0. The molecule has 1 amide bonds. The highest BCUT2D eigenvalue weighted by molar-refractivity contribution is 6.04. The second kappa shape index (κ2) is 10.7. The summed E-state index contributed by atoms with van der Waals surface area (Å²) in [5, 5.41) is 5.91. The fourth-order valence-corrected chi connectivity index (χ4v) is 3.31. The molecule has 0 saturated heterocycles. The van der Waals surface area contributed by atoms with Crippen molar-refractivity contribution in [2.75, 3.05) is 6.61 Å². The van der Waals surface area contributed by atoms with E-state index in [4.69, 9.17) is 9.47 Å². The summed E-state index contributed by atoms with van der Waals surface area (Å²) >= 11 is 0. The van der Waals surface area contributed by atoms with Gasteiger partial charge in [0.25, 0.3) is 5.91 Å². The van der Waals surface area contributed by atoms with E-state index >= 15 is 0 Å². The SMILES string of the molecule is C=CCOc1ccc(C(=O)NN=Cc2c(OC(=O)c3ccccc3)ccc3ccccc23)cc1. The molecule has 0 aliphatic rings. The number of nitrogens with one attached hydrogen (secondary N) is 1. The normalized spacial score (nSPS) is 10.7. The molecule has 4 aromatic rings. The van der Waals surface area contributed by atoms with Gasteiger partial charge in [-0.15, -0.1) is 0 Å². The fourth-order valence-electron chi connectivity index (χ4n) is 3.31. The van der Waals surface area contributed by atoms with Crippen molar-refractivity contribution >= 4 is 28.9 Å². The fraction of sp³-hybridized carbons (Fsp3) is 0.0357. The Morgan fingerprint density at radius 1 is 0.853 bits per heavy atom. The Hall–Kier alpha value is -4.71. The average Bonchev–Trinajstić information content (AvgIpc) is 2.89. The maximum Gasteiger partial charge on any atom is 0.343 e. The summed E-state index contributed by atoms with van der Waals surface area (Å²) < 4.78 is 11.1. The van der Waals surface area contributed by atoms with Gasteiger partial charge >= 0.3 is 5.97 Å². The van der Waals surface area contributed by atoms with E-state index in [-0.39, 0.29) is 5.91 Å². The number of carbonyl (C=O) groups excluding carboxylic acids is 2. The first-order valence-corrected chi connectivity index (χ1v) is 10.6. The molecule has 0 saturated carbocycles. The van der Waals surface area contributed by atoms with Crippen LogP contribution >= 0.6 is 0 Å². The average molecular weight is 450 g/mol. The Bertz CT molecular complexity index is 1350. The van der Waals surface area contributed by atoms with Gasteiger partial charge < -0.3 is 9.47 Å². The van der Waals surface area contributed by atoms with Crippen LogP contribution in [-0.4, -0.2) is 24.7 Å². The molecule has 168 valence electrons. The standard InChI is InChI=1S/C28H22N2O4/c1-2-18-33-23-15-12-21(13-16-23)27(31)30-29-19-25-24-11-7-6-8-20(24)14-17-26(25)34-28(32)22-9-4-3-5-10-22/h2-17,19H,1,18H2,(H,30,31). The predicted octanol–water partition coefficient (Wildman–Crippen LogP) is 5.39. The molecule has 4 rings (SSSR count). The molecule has 0 bridgehead atoms. The van der Waals surface area contributed by atoms with Gasteiger partial charge in [-0.3, -0.25) is 4.79 Å². The maximum atomic E-state index is 12.6. The molecule has 0 atom stereocenters. The van der Waals surface area contributed by atoms with E-state index in [0.717, 1.165) is 10.8 Å². The number of hydrogen-bond acceptors (Lipinski definition) is 5. The first-order chi connectivity index (χ1) is 16.7. The zero-order valence-corrected chi connectivity index (χ0v) is 18.3. The van der Waals surface area contributed by atoms with E-state index in [9.17, 15) is 9.59 Å². The molecule has 0 heterocycles. The first-order valence-electron chi connectivity index (χ1n) is 10.6. The third kappa shape index (κ3) is 5.37. The van der Waals surface area contributed by atoms with Crippen molar-refractivity contribution in [1.29, 1.82) is 0 Å². The minimum Gasteiger partial charge on any atom is -0.490 e. The molecule has 4 aromatic carbocycles. The van der Waals surface area contributed by atoms with Gasteiger partial charge in [-0.25, -0.2) is 10.2 Å². The van der Waals surface area contributed by atoms with Crippen LogP contribution in [0.2, 0.25) is 0 Å². The highest BCUT2D eigenvalue weighted by Crippen LogP contribution is 2.27. The van der Waals surface area contributed by atoms with Gasteiger partial charge in [0.05, 0.1) is 11.8 Å². The van der Waals surface area contributed by atoms with Crippen LogP contribution in [0.25, 0.3) is 10.8 Å². The molecule has 0 spiro atoms. The van der Waals surface area contributed by atoms with Crippen molar-refractivity contribution in [1.82, 2.24) is 5.43 Å². The molecule has 0 unspecified atom stereocenters. The minimum atomic E-state index is -0.478. The summed E-state index contributed by atoms with van der Waals surface area (Å²) in [6.45, 7) is 3.99. The zero-order valence-electron chi connectivity index (χ0n) is 18.3. The predicted molar refractivity (Wildman–Crippen MR) is 133 cm³/mol. The van der Waals surface area contributed by atoms with Crippen molar-refractivity contribution in [2.45, 2.75) is 0 Å². The molecule has 6 heteroatoms. The third-order valence-electron chi connectivity index (χ3n) is 4.99. The summed E-state index contributed by atoms with van der Waals surface area (Å²) in [6, 6.07) is 26.7. The van der Waals surface area contributed by atoms with Gasteiger partial charge in [0, 0.05) is 11.1 Å². The molecule has 0 fully saturated rings. The lowest BCUT2D eigenvalue weighted by atomic mass is 10.0. The van der Waals surface area contributed by atoms with Crippen molar-refractivity contribution in [2.24, 2.45) is 5.10 Å². The number of rotatable bonds is 8. The Balaban J connectivity index is 1.55. The van der Waals surface area contributed by atoms with Gasteiger partial charge in [-0.1, -0.05) is 61.2 Å². The van der Waals surface area contributed by atoms with Crippen molar-refractivity contribution in [3.8, 4) is 11.5 Å². The summed E-state index contributed by atoms with van der Waals surface area (Å²) in [5.74, 6) is 0.123. The lowest BCUT2D eigenvalue weighted by molar-refractivity contribution is 0.0734. The quantitative estimate of drug-likeness (QED) is 0.128. The number of hydrazone groups is 1. The van der Waals surface area contributed by atoms with Crippen LogP contribution in [0.1, 0.15) is 26.3 Å². The minimum absolute atomic E-state index is 0.342. The van der Waals surface area contributed by atoms with Crippen molar-refractivity contribution < 1.29 is 19.1 Å². The Labute approximate surface area is 197 Å². The number of nitrogens with zero attached hydrogens (tertiary/aromatic N) is 1. The Morgan fingerprint density at radius 2 is 1.59 bits per heavy atom. The van der Waals surface area contributed by atoms with E-state index in [1.165, 1.54) is 6.21 Å². The summed E-state index contributed by atoms with van der Waals surface area (Å²) in [6.07, 6.45) is 3.13. The van der Waals surface area contributed by atoms with Gasteiger partial charge in [-0.2, -0.15) is 5.10 Å². The molecular formula is C28H22N2O4. The van der Waals surface area contributed by atoms with Crippen LogP contribution in [0.3, 0.4) is 0 Å². The Kier molecular flexibility index (Phi) is 7.10. The highest BCUT2D eigenvalue weighted by Gasteiger charge is 2.13. The second-order valence-corrected chi connectivity index (χ2v) is 7.28. The number of esters is 1. The van der Waals surface area contributed by atoms with Gasteiger partial charge in [0.15, 0.2) is 0 Å². The molecular weight excluding hydrogens is 428 g/mol. The number of carbonyl (C=O) groups is 2. The van der Waals surface area contributed by atoms with Crippen LogP contribution < -0.4 is 14.9 Å². The van der Waals surface area contributed by atoms with Gasteiger partial charge in [-0.05, 0) is 53.2 Å². The first kappa shape index (κ1) is 22.5. The number of fused-ring (bicyclic) bond motifs is 1. The highest BCUT2D eigenvalue weighted by atomic mass is 16.5. The van der Waals surface area contributed by atoms with Gasteiger partial charge in [0.1, 0.15) is 18.1 Å². The summed E-state index contributed by atoms with van der Waals surface area (Å²) in [4.78, 5) is 25.1. The van der Waals surface area contributed by atoms with Crippen LogP contribution in [0, 0.1) is 0 Å². The van der Waals surface area contributed by atoms with Crippen molar-refractivity contribution in [3.63, 3.8) is 0 Å². The second-order valence-electron chi connectivity index (χ2n) is 7.28. The van der Waals surface area contributed by atoms with E-state index in [1.807, 2.05) is 36.4 Å². The van der Waals surface area contributed by atoms with Crippen LogP contribution in [0.15, 0.2) is 109 Å². The van der Waals surface area contributed by atoms with E-state index in [1.54, 1.807) is 60.7 Å². The van der Waals surface area contributed by atoms with E-state index in [2.05, 4.69) is 17.1 Å². The van der Waals surface area contributed by atoms with Crippen molar-refractivity contribution in [3.05, 3.63) is 120 Å². The molecule has 0 aliphatic heterocycles. The van der Waals surface area contributed by atoms with E-state index in [0.29, 0.717) is 34.8 Å². The molecule has 0 aliphatic carbocycles. The monoisotopic (exact) mass is 450 g/mol. The number of ether oxygens (including phenoxy) is 2. The third-order valence-corrected chi connectivity index (χ3v) is 4.99. The lowest BCUT2D eigenvalue weighted by Gasteiger charge is -2.10. The maximum absolute atomic E-state index is 12.6. The van der Waals surface area contributed by atoms with E-state index < -0.39 is 5.97 Å². The summed E-state index contributed by atoms with van der Waals surface area (Å²) in [5.41, 5.74) is 3.96. The zero-order chi connectivity index (χ0) is 23.8. The van der Waals surface area contributed by atoms with Gasteiger partial charge in [0.2, 0.25) is 0 Å². The number of benzene rings is 4. The number of hydrogen-bond donors (Lipinski definition) is 1. The largest absolute Gasteiger partial charge is 0.490 e. The topological polar surface area (TPSA) is 77.0 Å². The molecule has 1 N–H and O–H groups in total. The Morgan fingerprint density at radius 3 is 2.35 bits per heavy atom. The van der Waals surface area contributed by atoms with Crippen LogP contribution in [-0.2, 0) is 0 Å². The lowest BCUT2D eigenvalue weighted by Crippen LogP contribution is -2.17. The molecule has 34 heavy (non-hydrogen) atoms. The van der Waals surface area contributed by atoms with Crippen LogP contribution in [0.5, 0.6) is 11.5 Å². The molecule has 0 radical (unpaired) electrons.